The third-order valence-electron chi connectivity index (χ3n) is 7.70. The average Bonchev–Trinajstić information content (AvgIpc) is 3.61. The number of nitrogens with two attached hydrogens (primary N) is 1. The molecule has 6 rings (SSSR count). The molecule has 32 heavy (non-hydrogen) atoms. The highest BCUT2D eigenvalue weighted by Gasteiger charge is 2.58. The third kappa shape index (κ3) is 3.69. The van der Waals surface area contributed by atoms with Crippen LogP contribution in [-0.2, 0) is 17.3 Å². The fourth-order valence-corrected chi connectivity index (χ4v) is 5.69. The zero-order chi connectivity index (χ0) is 22.0. The lowest BCUT2D eigenvalue weighted by Crippen LogP contribution is -2.39. The first-order valence-corrected chi connectivity index (χ1v) is 11.6. The molecule has 6 nitrogen and oxygen atoms in total. The molecule has 4 fully saturated rings. The van der Waals surface area contributed by atoms with Gasteiger partial charge in [0.25, 0.3) is 0 Å². The van der Waals surface area contributed by atoms with E-state index in [0.717, 1.165) is 57.5 Å². The van der Waals surface area contributed by atoms with Crippen LogP contribution in [0.3, 0.4) is 0 Å². The molecule has 2 saturated heterocycles. The van der Waals surface area contributed by atoms with E-state index in [9.17, 15) is 13.2 Å². The number of aromatic nitrogens is 3. The van der Waals surface area contributed by atoms with Crippen LogP contribution in [0.5, 0.6) is 0 Å². The van der Waals surface area contributed by atoms with Crippen molar-refractivity contribution in [2.75, 3.05) is 32.0 Å². The highest BCUT2D eigenvalue weighted by Crippen LogP contribution is 2.57. The number of likely N-dealkylation sites (tertiary alicyclic amines) is 1. The topological polar surface area (TPSA) is 69.2 Å². The SMILES string of the molecule is Nc1ncc(-c2cn([C@H]3[C@@H]4CN(C5CCOCC5)C[C@@H]43)c(CC3CC3)n2)cc1C(F)(F)F. The van der Waals surface area contributed by atoms with Crippen molar-refractivity contribution in [1.82, 2.24) is 19.4 Å². The first-order chi connectivity index (χ1) is 15.4. The standard InChI is InChI=1S/C23H28F3N5O/c24-23(25,26)18-8-14(9-28-22(18)27)19-12-31(20(29-19)7-13-1-2-13)21-16-10-30(11-17(16)21)15-3-5-32-6-4-15/h8-9,12-13,15-17,21H,1-7,10-11H2,(H2,27,28)/t16-,17+,21+. The van der Waals surface area contributed by atoms with Crippen LogP contribution >= 0.6 is 0 Å². The number of fused-ring (bicyclic) bond motifs is 1. The Hall–Kier alpha value is -2.13. The lowest BCUT2D eigenvalue weighted by molar-refractivity contribution is -0.137. The van der Waals surface area contributed by atoms with E-state index in [-0.39, 0.29) is 0 Å². The Labute approximate surface area is 185 Å². The molecule has 4 heterocycles. The van der Waals surface area contributed by atoms with Gasteiger partial charge in [-0.05, 0) is 49.5 Å². The molecule has 0 unspecified atom stereocenters. The molecule has 2 aliphatic carbocycles. The number of halogens is 3. The Balaban J connectivity index is 1.25. The van der Waals surface area contributed by atoms with Crippen molar-refractivity contribution in [2.24, 2.45) is 17.8 Å². The fraction of sp³-hybridized carbons (Fsp3) is 0.652. The number of imidazole rings is 1. The van der Waals surface area contributed by atoms with Crippen LogP contribution < -0.4 is 5.73 Å². The number of hydrogen-bond acceptors (Lipinski definition) is 5. The lowest BCUT2D eigenvalue weighted by Gasteiger charge is -2.32. The van der Waals surface area contributed by atoms with E-state index in [1.165, 1.54) is 19.0 Å². The molecule has 2 saturated carbocycles. The largest absolute Gasteiger partial charge is 0.419 e. The van der Waals surface area contributed by atoms with Gasteiger partial charge in [-0.15, -0.1) is 0 Å². The van der Waals surface area contributed by atoms with E-state index in [0.29, 0.717) is 41.1 Å². The second kappa shape index (κ2) is 7.45. The molecule has 0 radical (unpaired) electrons. The maximum Gasteiger partial charge on any atom is 0.419 e. The molecule has 9 heteroatoms. The highest BCUT2D eigenvalue weighted by atomic mass is 19.4. The zero-order valence-electron chi connectivity index (χ0n) is 17.9. The molecule has 2 N–H and O–H groups in total. The van der Waals surface area contributed by atoms with Gasteiger partial charge in [0.2, 0.25) is 0 Å². The minimum absolute atomic E-state index is 0.372. The second-order valence-electron chi connectivity index (χ2n) is 9.87. The van der Waals surface area contributed by atoms with Gasteiger partial charge < -0.3 is 15.0 Å². The van der Waals surface area contributed by atoms with Crippen molar-refractivity contribution in [3.8, 4) is 11.3 Å². The maximum atomic E-state index is 13.3. The van der Waals surface area contributed by atoms with E-state index in [4.69, 9.17) is 15.5 Å². The van der Waals surface area contributed by atoms with Gasteiger partial charge in [-0.2, -0.15) is 13.2 Å². The van der Waals surface area contributed by atoms with Gasteiger partial charge in [-0.1, -0.05) is 0 Å². The predicted octanol–water partition coefficient (Wildman–Crippen LogP) is 3.78. The molecule has 172 valence electrons. The maximum absolute atomic E-state index is 13.3. The summed E-state index contributed by atoms with van der Waals surface area (Å²) in [5.74, 6) is 2.37. The first-order valence-electron chi connectivity index (χ1n) is 11.6. The summed E-state index contributed by atoms with van der Waals surface area (Å²) in [6.45, 7) is 3.90. The normalized spacial score (nSPS) is 28.8. The number of piperidine rings is 1. The smallest absolute Gasteiger partial charge is 0.383 e. The van der Waals surface area contributed by atoms with Crippen molar-refractivity contribution in [2.45, 2.75) is 50.4 Å². The van der Waals surface area contributed by atoms with E-state index in [1.54, 1.807) is 0 Å². The molecule has 0 spiro atoms. The number of ether oxygens (including phenoxy) is 1. The molecular weight excluding hydrogens is 419 g/mol. The Bertz CT molecular complexity index is 1000. The van der Waals surface area contributed by atoms with Gasteiger partial charge in [0.1, 0.15) is 11.6 Å². The van der Waals surface area contributed by atoms with Gasteiger partial charge in [-0.25, -0.2) is 9.97 Å². The Morgan fingerprint density at radius 2 is 1.81 bits per heavy atom. The average molecular weight is 448 g/mol. The highest BCUT2D eigenvalue weighted by molar-refractivity contribution is 5.62. The minimum Gasteiger partial charge on any atom is -0.383 e. The minimum atomic E-state index is -4.53. The van der Waals surface area contributed by atoms with Crippen molar-refractivity contribution >= 4 is 5.82 Å². The quantitative estimate of drug-likeness (QED) is 0.756. The molecular formula is C23H28F3N5O. The predicted molar refractivity (Wildman–Crippen MR) is 113 cm³/mol. The van der Waals surface area contributed by atoms with Gasteiger partial charge >= 0.3 is 6.18 Å². The van der Waals surface area contributed by atoms with Crippen molar-refractivity contribution < 1.29 is 17.9 Å². The van der Waals surface area contributed by atoms with E-state index in [2.05, 4.69) is 14.5 Å². The van der Waals surface area contributed by atoms with Gasteiger partial charge in [0.15, 0.2) is 0 Å². The summed E-state index contributed by atoms with van der Waals surface area (Å²) in [5.41, 5.74) is 5.52. The summed E-state index contributed by atoms with van der Waals surface area (Å²) in [5, 5.41) is 0. The van der Waals surface area contributed by atoms with E-state index >= 15 is 0 Å². The summed E-state index contributed by atoms with van der Waals surface area (Å²) in [4.78, 5) is 11.2. The number of pyridine rings is 1. The summed E-state index contributed by atoms with van der Waals surface area (Å²) in [6, 6.07) is 2.12. The Kier molecular flexibility index (Phi) is 4.77. The molecule has 2 aliphatic heterocycles. The third-order valence-corrected chi connectivity index (χ3v) is 7.70. The summed E-state index contributed by atoms with van der Waals surface area (Å²) >= 11 is 0. The molecule has 4 aliphatic rings. The summed E-state index contributed by atoms with van der Waals surface area (Å²) in [6.07, 6.45) is 4.35. The Morgan fingerprint density at radius 1 is 1.09 bits per heavy atom. The van der Waals surface area contributed by atoms with Crippen LogP contribution in [0, 0.1) is 17.8 Å². The molecule has 2 aromatic rings. The van der Waals surface area contributed by atoms with Crippen molar-refractivity contribution in [1.29, 1.82) is 0 Å². The number of anilines is 1. The van der Waals surface area contributed by atoms with Crippen LogP contribution in [-0.4, -0.2) is 51.8 Å². The van der Waals surface area contributed by atoms with Crippen LogP contribution in [0.1, 0.15) is 43.1 Å². The van der Waals surface area contributed by atoms with Gasteiger partial charge in [0.05, 0.1) is 11.3 Å². The number of rotatable bonds is 5. The van der Waals surface area contributed by atoms with Gasteiger partial charge in [0, 0.05) is 62.8 Å². The van der Waals surface area contributed by atoms with E-state index in [1.807, 2.05) is 6.20 Å². The van der Waals surface area contributed by atoms with Crippen LogP contribution in [0.15, 0.2) is 18.5 Å². The molecule has 3 atom stereocenters. The zero-order valence-corrected chi connectivity index (χ0v) is 17.9. The molecule has 2 aromatic heterocycles. The number of nitrogens with zero attached hydrogens (tertiary/aromatic N) is 4. The summed E-state index contributed by atoms with van der Waals surface area (Å²) in [7, 11) is 0. The second-order valence-corrected chi connectivity index (χ2v) is 9.87. The summed E-state index contributed by atoms with van der Waals surface area (Å²) < 4.78 is 47.8. The molecule has 0 amide bonds. The molecule has 0 bridgehead atoms. The lowest BCUT2D eigenvalue weighted by atomic mass is 10.1. The first kappa shape index (κ1) is 20.5. The van der Waals surface area contributed by atoms with Crippen LogP contribution in [0.25, 0.3) is 11.3 Å². The van der Waals surface area contributed by atoms with E-state index < -0.39 is 17.6 Å². The number of hydrogen-bond donors (Lipinski definition) is 1. The molecule has 0 aromatic carbocycles. The van der Waals surface area contributed by atoms with Gasteiger partial charge in [-0.3, -0.25) is 4.90 Å². The number of alkyl halides is 3. The fourth-order valence-electron chi connectivity index (χ4n) is 5.69. The Morgan fingerprint density at radius 3 is 2.47 bits per heavy atom. The van der Waals surface area contributed by atoms with Crippen LogP contribution in [0.2, 0.25) is 0 Å². The van der Waals surface area contributed by atoms with Crippen LogP contribution in [0.4, 0.5) is 19.0 Å². The number of nitrogen functional groups attached to an aromatic ring is 1. The monoisotopic (exact) mass is 447 g/mol. The van der Waals surface area contributed by atoms with Crippen molar-refractivity contribution in [3.63, 3.8) is 0 Å². The van der Waals surface area contributed by atoms with Crippen molar-refractivity contribution in [3.05, 3.63) is 29.8 Å².